The molecular formula is C15H20N2O2. The standard InChI is InChI=1S/C15H20N2O2/c1-11(2)13(8-16)9-17-6-5-12-3-4-14-15(7-12)19-10-18-14/h3-4,7,11,13,17H,5-6,9-10H2,1-2H3. The van der Waals surface area contributed by atoms with Gasteiger partial charge in [0.1, 0.15) is 0 Å². The van der Waals surface area contributed by atoms with Crippen molar-refractivity contribution in [3.05, 3.63) is 23.8 Å². The van der Waals surface area contributed by atoms with E-state index in [0.717, 1.165) is 31.0 Å². The average molecular weight is 260 g/mol. The van der Waals surface area contributed by atoms with Crippen molar-refractivity contribution < 1.29 is 9.47 Å². The molecule has 1 heterocycles. The second kappa shape index (κ2) is 6.44. The minimum absolute atomic E-state index is 0.0803. The third-order valence-corrected chi connectivity index (χ3v) is 3.36. The summed E-state index contributed by atoms with van der Waals surface area (Å²) in [6.45, 7) is 6.08. The molecule has 0 aromatic heterocycles. The Bertz CT molecular complexity index is 466. The summed E-state index contributed by atoms with van der Waals surface area (Å²) in [6, 6.07) is 8.36. The number of nitrogens with one attached hydrogen (secondary N) is 1. The van der Waals surface area contributed by atoms with Crippen molar-refractivity contribution in [3.63, 3.8) is 0 Å². The molecular weight excluding hydrogens is 240 g/mol. The number of nitrogens with zero attached hydrogens (tertiary/aromatic N) is 1. The van der Waals surface area contributed by atoms with Crippen LogP contribution in [-0.2, 0) is 6.42 Å². The van der Waals surface area contributed by atoms with Crippen LogP contribution in [-0.4, -0.2) is 19.9 Å². The Hall–Kier alpha value is -1.73. The molecule has 4 nitrogen and oxygen atoms in total. The lowest BCUT2D eigenvalue weighted by atomic mass is 9.97. The maximum Gasteiger partial charge on any atom is 0.231 e. The van der Waals surface area contributed by atoms with Crippen LogP contribution in [0.1, 0.15) is 19.4 Å². The zero-order valence-corrected chi connectivity index (χ0v) is 11.5. The van der Waals surface area contributed by atoms with Crippen LogP contribution in [0.3, 0.4) is 0 Å². The molecule has 19 heavy (non-hydrogen) atoms. The van der Waals surface area contributed by atoms with E-state index in [2.05, 4.69) is 31.3 Å². The lowest BCUT2D eigenvalue weighted by Gasteiger charge is -2.13. The molecule has 1 N–H and O–H groups in total. The van der Waals surface area contributed by atoms with Gasteiger partial charge in [-0.2, -0.15) is 5.26 Å². The lowest BCUT2D eigenvalue weighted by molar-refractivity contribution is 0.174. The van der Waals surface area contributed by atoms with Crippen LogP contribution in [0.4, 0.5) is 0 Å². The van der Waals surface area contributed by atoms with Crippen LogP contribution in [0.5, 0.6) is 11.5 Å². The Morgan fingerprint density at radius 3 is 2.84 bits per heavy atom. The van der Waals surface area contributed by atoms with Crippen molar-refractivity contribution >= 4 is 0 Å². The van der Waals surface area contributed by atoms with E-state index in [-0.39, 0.29) is 5.92 Å². The highest BCUT2D eigenvalue weighted by atomic mass is 16.7. The second-order valence-electron chi connectivity index (χ2n) is 5.12. The Balaban J connectivity index is 1.76. The highest BCUT2D eigenvalue weighted by molar-refractivity contribution is 5.44. The van der Waals surface area contributed by atoms with Crippen LogP contribution in [0.2, 0.25) is 0 Å². The van der Waals surface area contributed by atoms with Crippen LogP contribution < -0.4 is 14.8 Å². The molecule has 1 atom stereocenters. The Morgan fingerprint density at radius 1 is 1.32 bits per heavy atom. The van der Waals surface area contributed by atoms with E-state index < -0.39 is 0 Å². The summed E-state index contributed by atoms with van der Waals surface area (Å²) in [7, 11) is 0. The molecule has 1 aliphatic rings. The third-order valence-electron chi connectivity index (χ3n) is 3.36. The zero-order chi connectivity index (χ0) is 13.7. The molecule has 1 aromatic rings. The first-order chi connectivity index (χ1) is 9.20. The predicted molar refractivity (Wildman–Crippen MR) is 73.1 cm³/mol. The first-order valence-electron chi connectivity index (χ1n) is 6.69. The number of fused-ring (bicyclic) bond motifs is 1. The molecule has 0 amide bonds. The number of ether oxygens (including phenoxy) is 2. The Labute approximate surface area is 114 Å². The van der Waals surface area contributed by atoms with Crippen LogP contribution >= 0.6 is 0 Å². The lowest BCUT2D eigenvalue weighted by Crippen LogP contribution is -2.26. The third kappa shape index (κ3) is 3.62. The summed E-state index contributed by atoms with van der Waals surface area (Å²) >= 11 is 0. The fourth-order valence-corrected chi connectivity index (χ4v) is 2.02. The van der Waals surface area contributed by atoms with Gasteiger partial charge in [-0.05, 0) is 36.6 Å². The minimum Gasteiger partial charge on any atom is -0.454 e. The van der Waals surface area contributed by atoms with Crippen molar-refractivity contribution in [2.24, 2.45) is 11.8 Å². The van der Waals surface area contributed by atoms with Crippen molar-refractivity contribution in [2.75, 3.05) is 19.9 Å². The van der Waals surface area contributed by atoms with E-state index in [1.54, 1.807) is 0 Å². The van der Waals surface area contributed by atoms with Crippen LogP contribution in [0.15, 0.2) is 18.2 Å². The molecule has 1 aromatic carbocycles. The molecule has 0 aliphatic carbocycles. The quantitative estimate of drug-likeness (QED) is 0.798. The van der Waals surface area contributed by atoms with E-state index in [9.17, 15) is 0 Å². The van der Waals surface area contributed by atoms with E-state index in [1.165, 1.54) is 5.56 Å². The van der Waals surface area contributed by atoms with E-state index in [1.807, 2.05) is 12.1 Å². The number of hydrogen-bond acceptors (Lipinski definition) is 4. The molecule has 0 saturated carbocycles. The fourth-order valence-electron chi connectivity index (χ4n) is 2.02. The predicted octanol–water partition coefficient (Wildman–Crippen LogP) is 2.34. The van der Waals surface area contributed by atoms with E-state index in [0.29, 0.717) is 12.7 Å². The van der Waals surface area contributed by atoms with Gasteiger partial charge in [-0.3, -0.25) is 0 Å². The summed E-state index contributed by atoms with van der Waals surface area (Å²) in [5.74, 6) is 2.12. The topological polar surface area (TPSA) is 54.3 Å². The van der Waals surface area contributed by atoms with Gasteiger partial charge in [0.2, 0.25) is 6.79 Å². The minimum atomic E-state index is 0.0803. The number of rotatable bonds is 6. The maximum atomic E-state index is 9.00. The van der Waals surface area contributed by atoms with Gasteiger partial charge in [0.15, 0.2) is 11.5 Å². The average Bonchev–Trinajstić information content (AvgIpc) is 2.85. The molecule has 102 valence electrons. The molecule has 1 unspecified atom stereocenters. The molecule has 0 radical (unpaired) electrons. The van der Waals surface area contributed by atoms with E-state index >= 15 is 0 Å². The smallest absolute Gasteiger partial charge is 0.231 e. The van der Waals surface area contributed by atoms with Crippen molar-refractivity contribution in [2.45, 2.75) is 20.3 Å². The summed E-state index contributed by atoms with van der Waals surface area (Å²) in [4.78, 5) is 0. The Morgan fingerprint density at radius 2 is 2.11 bits per heavy atom. The number of hydrogen-bond donors (Lipinski definition) is 1. The van der Waals surface area contributed by atoms with Gasteiger partial charge >= 0.3 is 0 Å². The number of benzene rings is 1. The molecule has 2 rings (SSSR count). The van der Waals surface area contributed by atoms with Gasteiger partial charge in [-0.15, -0.1) is 0 Å². The summed E-state index contributed by atoms with van der Waals surface area (Å²) in [6.07, 6.45) is 0.923. The van der Waals surface area contributed by atoms with Crippen molar-refractivity contribution in [1.29, 1.82) is 5.26 Å². The largest absolute Gasteiger partial charge is 0.454 e. The van der Waals surface area contributed by atoms with Gasteiger partial charge in [0, 0.05) is 6.54 Å². The Kier molecular flexibility index (Phi) is 4.64. The molecule has 1 aliphatic heterocycles. The highest BCUT2D eigenvalue weighted by Gasteiger charge is 2.13. The SMILES string of the molecule is CC(C)C(C#N)CNCCc1ccc2c(c1)OCO2. The first kappa shape index (κ1) is 13.7. The molecule has 0 saturated heterocycles. The van der Waals surface area contributed by atoms with Crippen LogP contribution in [0, 0.1) is 23.2 Å². The second-order valence-corrected chi connectivity index (χ2v) is 5.12. The van der Waals surface area contributed by atoms with Gasteiger partial charge in [-0.1, -0.05) is 19.9 Å². The summed E-state index contributed by atoms with van der Waals surface area (Å²) in [5.41, 5.74) is 1.22. The molecule has 4 heteroatoms. The number of nitriles is 1. The van der Waals surface area contributed by atoms with E-state index in [4.69, 9.17) is 14.7 Å². The van der Waals surface area contributed by atoms with Crippen molar-refractivity contribution in [1.82, 2.24) is 5.32 Å². The highest BCUT2D eigenvalue weighted by Crippen LogP contribution is 2.32. The maximum absolute atomic E-state index is 9.00. The first-order valence-corrected chi connectivity index (χ1v) is 6.69. The zero-order valence-electron chi connectivity index (χ0n) is 11.5. The van der Waals surface area contributed by atoms with Crippen molar-refractivity contribution in [3.8, 4) is 17.6 Å². The normalized spacial score (nSPS) is 14.4. The molecule has 0 spiro atoms. The fraction of sp³-hybridized carbons (Fsp3) is 0.533. The summed E-state index contributed by atoms with van der Waals surface area (Å²) in [5, 5.41) is 12.3. The van der Waals surface area contributed by atoms with Gasteiger partial charge < -0.3 is 14.8 Å². The van der Waals surface area contributed by atoms with Crippen LogP contribution in [0.25, 0.3) is 0 Å². The van der Waals surface area contributed by atoms with Gasteiger partial charge in [-0.25, -0.2) is 0 Å². The van der Waals surface area contributed by atoms with Gasteiger partial charge in [0.05, 0.1) is 12.0 Å². The summed E-state index contributed by atoms with van der Waals surface area (Å²) < 4.78 is 10.6. The van der Waals surface area contributed by atoms with Gasteiger partial charge in [0.25, 0.3) is 0 Å². The molecule has 0 fully saturated rings. The monoisotopic (exact) mass is 260 g/mol. The molecule has 0 bridgehead atoms.